The number of aliphatic imine (C=N–C) groups is 1. The molecule has 0 saturated carbocycles. The zero-order valence-electron chi connectivity index (χ0n) is 14.3. The lowest BCUT2D eigenvalue weighted by molar-refractivity contribution is -0.132. The van der Waals surface area contributed by atoms with E-state index < -0.39 is 17.8 Å². The Hall–Kier alpha value is -3.73. The summed E-state index contributed by atoms with van der Waals surface area (Å²) in [5, 5.41) is 18.6. The molecule has 7 nitrogen and oxygen atoms in total. The number of aliphatic carboxylic acids is 1. The van der Waals surface area contributed by atoms with Crippen LogP contribution in [-0.4, -0.2) is 29.0 Å². The number of aromatic nitrogens is 1. The number of hydrogen-bond acceptors (Lipinski definition) is 6. The normalized spacial score (nSPS) is 16.1. The lowest BCUT2D eigenvalue weighted by Crippen LogP contribution is -2.25. The molecule has 2 heterocycles. The van der Waals surface area contributed by atoms with Crippen LogP contribution in [0.1, 0.15) is 23.7 Å². The van der Waals surface area contributed by atoms with E-state index >= 15 is 0 Å². The van der Waals surface area contributed by atoms with Gasteiger partial charge in [0.05, 0.1) is 36.1 Å². The van der Waals surface area contributed by atoms with Crippen LogP contribution >= 0.6 is 0 Å². The minimum atomic E-state index is -1.15. The highest BCUT2D eigenvalue weighted by atomic mass is 19.1. The van der Waals surface area contributed by atoms with Gasteiger partial charge in [-0.3, -0.25) is 9.98 Å². The van der Waals surface area contributed by atoms with Crippen molar-refractivity contribution >= 4 is 11.8 Å². The number of carboxylic acid groups (broad SMARTS) is 1. The maximum atomic E-state index is 14.2. The van der Waals surface area contributed by atoms with Gasteiger partial charge in [0.2, 0.25) is 0 Å². The van der Waals surface area contributed by atoms with E-state index in [0.29, 0.717) is 17.0 Å². The molecule has 1 atom stereocenters. The van der Waals surface area contributed by atoms with Crippen molar-refractivity contribution in [2.24, 2.45) is 10.7 Å². The van der Waals surface area contributed by atoms with Crippen molar-refractivity contribution in [2.75, 3.05) is 7.11 Å². The van der Waals surface area contributed by atoms with Gasteiger partial charge in [-0.1, -0.05) is 6.08 Å². The summed E-state index contributed by atoms with van der Waals surface area (Å²) in [7, 11) is 1.47. The van der Waals surface area contributed by atoms with Crippen LogP contribution < -0.4 is 10.5 Å². The third kappa shape index (κ3) is 3.48. The second-order valence-corrected chi connectivity index (χ2v) is 5.80. The first-order valence-electron chi connectivity index (χ1n) is 7.95. The van der Waals surface area contributed by atoms with Crippen molar-refractivity contribution in [1.82, 2.24) is 4.98 Å². The lowest BCUT2D eigenvalue weighted by Gasteiger charge is -2.17. The Morgan fingerprint density at radius 2 is 2.19 bits per heavy atom. The lowest BCUT2D eigenvalue weighted by atomic mass is 9.97. The maximum absolute atomic E-state index is 14.2. The Kier molecular flexibility index (Phi) is 4.86. The molecule has 3 rings (SSSR count). The Balaban J connectivity index is 2.00. The SMILES string of the molecule is COc1ccc(F)c(-c2cnc(C3CC=C(C(=O)O)C(N)=N3)cc2C#N)c1. The zero-order chi connectivity index (χ0) is 19.6. The molecule has 1 aromatic carbocycles. The molecule has 1 aliphatic heterocycles. The topological polar surface area (TPSA) is 122 Å². The fourth-order valence-corrected chi connectivity index (χ4v) is 2.81. The molecule has 1 aromatic heterocycles. The molecule has 0 radical (unpaired) electrons. The van der Waals surface area contributed by atoms with Crippen molar-refractivity contribution in [1.29, 1.82) is 5.26 Å². The monoisotopic (exact) mass is 366 g/mol. The molecule has 1 aliphatic rings. The average Bonchev–Trinajstić information content (AvgIpc) is 2.67. The van der Waals surface area contributed by atoms with E-state index in [2.05, 4.69) is 9.98 Å². The molecular weight excluding hydrogens is 351 g/mol. The van der Waals surface area contributed by atoms with Gasteiger partial charge in [-0.25, -0.2) is 9.18 Å². The van der Waals surface area contributed by atoms with Crippen LogP contribution in [0.5, 0.6) is 5.75 Å². The van der Waals surface area contributed by atoms with Gasteiger partial charge in [-0.15, -0.1) is 0 Å². The smallest absolute Gasteiger partial charge is 0.339 e. The van der Waals surface area contributed by atoms with E-state index in [1.54, 1.807) is 0 Å². The summed E-state index contributed by atoms with van der Waals surface area (Å²) in [5.74, 6) is -1.29. The van der Waals surface area contributed by atoms with E-state index in [0.717, 1.165) is 0 Å². The number of carbonyl (C=O) groups is 1. The summed E-state index contributed by atoms with van der Waals surface area (Å²) in [6.45, 7) is 0. The Morgan fingerprint density at radius 1 is 1.41 bits per heavy atom. The second kappa shape index (κ2) is 7.25. The van der Waals surface area contributed by atoms with E-state index in [1.807, 2.05) is 6.07 Å². The third-order valence-electron chi connectivity index (χ3n) is 4.20. The molecular formula is C19H15FN4O3. The Bertz CT molecular complexity index is 1020. The largest absolute Gasteiger partial charge is 0.497 e. The first kappa shape index (κ1) is 18.1. The molecule has 1 unspecified atom stereocenters. The average molecular weight is 366 g/mol. The Labute approximate surface area is 154 Å². The van der Waals surface area contributed by atoms with E-state index in [9.17, 15) is 14.4 Å². The third-order valence-corrected chi connectivity index (χ3v) is 4.20. The van der Waals surface area contributed by atoms with Crippen molar-refractivity contribution < 1.29 is 19.0 Å². The number of pyridine rings is 1. The number of nitrogens with zero attached hydrogens (tertiary/aromatic N) is 3. The summed E-state index contributed by atoms with van der Waals surface area (Å²) >= 11 is 0. The van der Waals surface area contributed by atoms with Gasteiger partial charge in [-0.2, -0.15) is 5.26 Å². The van der Waals surface area contributed by atoms with Gasteiger partial charge in [0, 0.05) is 17.3 Å². The highest BCUT2D eigenvalue weighted by Crippen LogP contribution is 2.32. The number of methoxy groups -OCH3 is 1. The van der Waals surface area contributed by atoms with Crippen LogP contribution in [0.4, 0.5) is 4.39 Å². The van der Waals surface area contributed by atoms with Gasteiger partial charge in [-0.05, 0) is 30.7 Å². The molecule has 136 valence electrons. The predicted molar refractivity (Wildman–Crippen MR) is 95.6 cm³/mol. The number of nitrogens with two attached hydrogens (primary N) is 1. The standard InChI is InChI=1S/C19H15FN4O3/c1-27-11-2-4-15(20)13(7-11)14-9-23-17(6-10(14)8-21)16-5-3-12(19(25)26)18(22)24-16/h2-4,6-7,9,16H,5H2,1H3,(H2,22,24)(H,25,26). The van der Waals surface area contributed by atoms with E-state index in [1.165, 1.54) is 43.6 Å². The number of rotatable bonds is 4. The quantitative estimate of drug-likeness (QED) is 0.858. The molecule has 27 heavy (non-hydrogen) atoms. The van der Waals surface area contributed by atoms with Crippen LogP contribution in [0.25, 0.3) is 11.1 Å². The number of carboxylic acids is 1. The number of halogens is 1. The van der Waals surface area contributed by atoms with Gasteiger partial charge in [0.15, 0.2) is 0 Å². The fraction of sp³-hybridized carbons (Fsp3) is 0.158. The molecule has 0 aliphatic carbocycles. The van der Waals surface area contributed by atoms with Crippen LogP contribution in [0, 0.1) is 17.1 Å². The summed E-state index contributed by atoms with van der Waals surface area (Å²) in [4.78, 5) is 19.5. The molecule has 0 fully saturated rings. The predicted octanol–water partition coefficient (Wildman–Crippen LogP) is 2.58. The molecule has 3 N–H and O–H groups in total. The molecule has 0 amide bonds. The van der Waals surface area contributed by atoms with Gasteiger partial charge in [0.25, 0.3) is 0 Å². The van der Waals surface area contributed by atoms with Crippen LogP contribution in [0.3, 0.4) is 0 Å². The molecule has 2 aromatic rings. The summed E-state index contributed by atoms with van der Waals surface area (Å²) < 4.78 is 19.3. The minimum absolute atomic E-state index is 0.0539. The summed E-state index contributed by atoms with van der Waals surface area (Å²) in [6.07, 6.45) is 3.15. The number of ether oxygens (including phenoxy) is 1. The number of benzene rings is 1. The highest BCUT2D eigenvalue weighted by molar-refractivity contribution is 6.17. The van der Waals surface area contributed by atoms with Gasteiger partial charge < -0.3 is 15.6 Å². The van der Waals surface area contributed by atoms with Gasteiger partial charge >= 0.3 is 5.97 Å². The van der Waals surface area contributed by atoms with E-state index in [4.69, 9.17) is 15.6 Å². The minimum Gasteiger partial charge on any atom is -0.497 e. The maximum Gasteiger partial charge on any atom is 0.339 e. The van der Waals surface area contributed by atoms with Crippen LogP contribution in [-0.2, 0) is 4.79 Å². The molecule has 0 spiro atoms. The first-order valence-corrected chi connectivity index (χ1v) is 7.95. The van der Waals surface area contributed by atoms with Crippen molar-refractivity contribution in [2.45, 2.75) is 12.5 Å². The Morgan fingerprint density at radius 3 is 2.81 bits per heavy atom. The van der Waals surface area contributed by atoms with Crippen molar-refractivity contribution in [3.63, 3.8) is 0 Å². The number of amidine groups is 1. The first-order chi connectivity index (χ1) is 12.9. The fourth-order valence-electron chi connectivity index (χ4n) is 2.81. The van der Waals surface area contributed by atoms with Crippen LogP contribution in [0.2, 0.25) is 0 Å². The number of hydrogen-bond donors (Lipinski definition) is 2. The van der Waals surface area contributed by atoms with Crippen LogP contribution in [0.15, 0.2) is 47.1 Å². The van der Waals surface area contributed by atoms with Crippen molar-refractivity contribution in [3.8, 4) is 22.9 Å². The number of nitriles is 1. The molecule has 0 bridgehead atoms. The summed E-state index contributed by atoms with van der Waals surface area (Å²) in [6, 6.07) is 7.27. The second-order valence-electron chi connectivity index (χ2n) is 5.80. The zero-order valence-corrected chi connectivity index (χ0v) is 14.3. The summed E-state index contributed by atoms with van der Waals surface area (Å²) in [5.41, 5.74) is 6.83. The van der Waals surface area contributed by atoms with Crippen molar-refractivity contribution in [3.05, 3.63) is 59.2 Å². The van der Waals surface area contributed by atoms with E-state index in [-0.39, 0.29) is 29.0 Å². The highest BCUT2D eigenvalue weighted by Gasteiger charge is 2.23. The molecule has 8 heteroatoms. The number of dihydropyridines is 1. The molecule has 0 saturated heterocycles. The van der Waals surface area contributed by atoms with Gasteiger partial charge in [0.1, 0.15) is 17.4 Å².